The largest absolute Gasteiger partial charge is 0.307 e. The lowest BCUT2D eigenvalue weighted by atomic mass is 9.81. The van der Waals surface area contributed by atoms with Gasteiger partial charge in [-0.15, -0.1) is 0 Å². The van der Waals surface area contributed by atoms with Gasteiger partial charge in [-0.1, -0.05) is 30.7 Å². The van der Waals surface area contributed by atoms with E-state index in [4.69, 9.17) is 11.6 Å². The van der Waals surface area contributed by atoms with E-state index in [0.717, 1.165) is 10.9 Å². The summed E-state index contributed by atoms with van der Waals surface area (Å²) in [6, 6.07) is 9.26. The zero-order chi connectivity index (χ0) is 10.8. The van der Waals surface area contributed by atoms with E-state index in [1.165, 1.54) is 18.4 Å². The molecule has 0 amide bonds. The third-order valence-electron chi connectivity index (χ3n) is 3.23. The summed E-state index contributed by atoms with van der Waals surface area (Å²) >= 11 is 5.86. The molecule has 0 heterocycles. The molecule has 1 atom stereocenters. The van der Waals surface area contributed by atoms with E-state index in [1.807, 2.05) is 12.1 Å². The first kappa shape index (κ1) is 11.0. The van der Waals surface area contributed by atoms with Crippen molar-refractivity contribution in [2.75, 3.05) is 0 Å². The van der Waals surface area contributed by atoms with Crippen LogP contribution in [0.1, 0.15) is 38.3 Å². The second-order valence-electron chi connectivity index (χ2n) is 4.71. The Balaban J connectivity index is 1.90. The van der Waals surface area contributed by atoms with Gasteiger partial charge in [-0.25, -0.2) is 0 Å². The summed E-state index contributed by atoms with van der Waals surface area (Å²) in [5.41, 5.74) is 1.32. The van der Waals surface area contributed by atoms with Crippen molar-refractivity contribution in [1.29, 1.82) is 0 Å². The summed E-state index contributed by atoms with van der Waals surface area (Å²) in [6.45, 7) is 4.53. The Morgan fingerprint density at radius 3 is 2.40 bits per heavy atom. The van der Waals surface area contributed by atoms with Crippen molar-refractivity contribution >= 4 is 11.6 Å². The first-order valence-electron chi connectivity index (χ1n) is 5.66. The predicted molar refractivity (Wildman–Crippen MR) is 65.2 cm³/mol. The van der Waals surface area contributed by atoms with E-state index < -0.39 is 0 Å². The van der Waals surface area contributed by atoms with Crippen molar-refractivity contribution in [3.8, 4) is 0 Å². The molecule has 1 aliphatic rings. The Morgan fingerprint density at radius 1 is 1.27 bits per heavy atom. The molecule has 1 N–H and O–H groups in total. The zero-order valence-corrected chi connectivity index (χ0v) is 10.1. The lowest BCUT2D eigenvalue weighted by molar-refractivity contribution is 0.226. The van der Waals surface area contributed by atoms with Crippen LogP contribution in [0.15, 0.2) is 24.3 Å². The normalized spacial score (nSPS) is 27.1. The van der Waals surface area contributed by atoms with Crippen LogP contribution < -0.4 is 5.32 Å². The summed E-state index contributed by atoms with van der Waals surface area (Å²) in [4.78, 5) is 0. The topological polar surface area (TPSA) is 12.0 Å². The van der Waals surface area contributed by atoms with Gasteiger partial charge in [-0.2, -0.15) is 0 Å². The lowest BCUT2D eigenvalue weighted by Gasteiger charge is -2.35. The van der Waals surface area contributed by atoms with Gasteiger partial charge in [-0.3, -0.25) is 0 Å². The number of hydrogen-bond acceptors (Lipinski definition) is 1. The summed E-state index contributed by atoms with van der Waals surface area (Å²) in [5, 5.41) is 4.45. The van der Waals surface area contributed by atoms with Crippen LogP contribution in [0, 0.1) is 5.92 Å². The highest BCUT2D eigenvalue weighted by atomic mass is 35.5. The van der Waals surface area contributed by atoms with Crippen molar-refractivity contribution in [2.45, 2.75) is 38.8 Å². The Kier molecular flexibility index (Phi) is 3.32. The maximum Gasteiger partial charge on any atom is 0.0406 e. The molecule has 2 heteroatoms. The molecule has 1 aromatic rings. The molecule has 0 bridgehead atoms. The predicted octanol–water partition coefficient (Wildman–Crippen LogP) is 3.79. The van der Waals surface area contributed by atoms with Crippen LogP contribution in [-0.2, 0) is 0 Å². The number of benzene rings is 1. The average molecular weight is 224 g/mol. The van der Waals surface area contributed by atoms with Crippen LogP contribution >= 0.6 is 11.6 Å². The lowest BCUT2D eigenvalue weighted by Crippen LogP contribution is -2.41. The molecule has 82 valence electrons. The molecule has 1 saturated carbocycles. The number of nitrogens with one attached hydrogen (secondary N) is 1. The Morgan fingerprint density at radius 2 is 1.87 bits per heavy atom. The molecule has 1 fully saturated rings. The molecule has 1 aromatic carbocycles. The van der Waals surface area contributed by atoms with Crippen LogP contribution in [0.3, 0.4) is 0 Å². The number of rotatable bonds is 3. The fourth-order valence-electron chi connectivity index (χ4n) is 2.24. The Hall–Kier alpha value is -0.530. The van der Waals surface area contributed by atoms with Crippen LogP contribution in [0.5, 0.6) is 0 Å². The van der Waals surface area contributed by atoms with E-state index in [-0.39, 0.29) is 0 Å². The highest BCUT2D eigenvalue weighted by Gasteiger charge is 2.26. The standard InChI is InChI=1S/C13H18ClN/c1-9-7-13(8-9)15-10(2)11-3-5-12(14)6-4-11/h3-6,9-10,13,15H,7-8H2,1-2H3/t9?,10-,13?/m1/s1. The van der Waals surface area contributed by atoms with Crippen LogP contribution in [0.2, 0.25) is 5.02 Å². The molecule has 0 aliphatic heterocycles. The summed E-state index contributed by atoms with van der Waals surface area (Å²) in [6.07, 6.45) is 2.63. The monoisotopic (exact) mass is 223 g/mol. The molecule has 0 radical (unpaired) electrons. The van der Waals surface area contributed by atoms with E-state index in [2.05, 4.69) is 31.3 Å². The molecular formula is C13H18ClN. The summed E-state index contributed by atoms with van der Waals surface area (Å²) in [5.74, 6) is 0.903. The van der Waals surface area contributed by atoms with Gasteiger partial charge in [0, 0.05) is 17.1 Å². The van der Waals surface area contributed by atoms with Gasteiger partial charge in [0.05, 0.1) is 0 Å². The quantitative estimate of drug-likeness (QED) is 0.822. The Labute approximate surface area is 96.8 Å². The third-order valence-corrected chi connectivity index (χ3v) is 3.48. The van der Waals surface area contributed by atoms with Crippen molar-refractivity contribution in [3.05, 3.63) is 34.9 Å². The van der Waals surface area contributed by atoms with Crippen molar-refractivity contribution in [2.24, 2.45) is 5.92 Å². The van der Waals surface area contributed by atoms with Crippen LogP contribution in [-0.4, -0.2) is 6.04 Å². The maximum absolute atomic E-state index is 5.86. The molecule has 0 spiro atoms. The van der Waals surface area contributed by atoms with Crippen LogP contribution in [0.25, 0.3) is 0 Å². The van der Waals surface area contributed by atoms with Gasteiger partial charge in [0.15, 0.2) is 0 Å². The van der Waals surface area contributed by atoms with Gasteiger partial charge in [0.1, 0.15) is 0 Å². The summed E-state index contributed by atoms with van der Waals surface area (Å²) in [7, 11) is 0. The van der Waals surface area contributed by atoms with Crippen molar-refractivity contribution in [3.63, 3.8) is 0 Å². The van der Waals surface area contributed by atoms with Gasteiger partial charge in [0.25, 0.3) is 0 Å². The fraction of sp³-hybridized carbons (Fsp3) is 0.538. The number of halogens is 1. The molecule has 15 heavy (non-hydrogen) atoms. The molecule has 0 unspecified atom stereocenters. The molecule has 0 aromatic heterocycles. The molecule has 1 aliphatic carbocycles. The summed E-state index contributed by atoms with van der Waals surface area (Å²) < 4.78 is 0. The minimum absolute atomic E-state index is 0.430. The SMILES string of the molecule is CC1CC(N[C@H](C)c2ccc(Cl)cc2)C1. The van der Waals surface area contributed by atoms with E-state index >= 15 is 0 Å². The highest BCUT2D eigenvalue weighted by Crippen LogP contribution is 2.28. The van der Waals surface area contributed by atoms with Crippen LogP contribution in [0.4, 0.5) is 0 Å². The van der Waals surface area contributed by atoms with E-state index in [9.17, 15) is 0 Å². The smallest absolute Gasteiger partial charge is 0.0406 e. The zero-order valence-electron chi connectivity index (χ0n) is 9.33. The second kappa shape index (κ2) is 4.54. The third kappa shape index (κ3) is 2.73. The minimum atomic E-state index is 0.430. The van der Waals surface area contributed by atoms with Gasteiger partial charge in [0.2, 0.25) is 0 Å². The van der Waals surface area contributed by atoms with E-state index in [1.54, 1.807) is 0 Å². The fourth-order valence-corrected chi connectivity index (χ4v) is 2.37. The van der Waals surface area contributed by atoms with Crippen molar-refractivity contribution in [1.82, 2.24) is 5.32 Å². The maximum atomic E-state index is 5.86. The molecular weight excluding hydrogens is 206 g/mol. The average Bonchev–Trinajstić information content (AvgIpc) is 2.16. The first-order valence-corrected chi connectivity index (χ1v) is 6.04. The molecule has 2 rings (SSSR count). The second-order valence-corrected chi connectivity index (χ2v) is 5.15. The Bertz CT molecular complexity index is 314. The number of hydrogen-bond donors (Lipinski definition) is 1. The van der Waals surface area contributed by atoms with Gasteiger partial charge >= 0.3 is 0 Å². The molecule has 1 nitrogen and oxygen atoms in total. The minimum Gasteiger partial charge on any atom is -0.307 e. The van der Waals surface area contributed by atoms with E-state index in [0.29, 0.717) is 12.1 Å². The van der Waals surface area contributed by atoms with Gasteiger partial charge < -0.3 is 5.32 Å². The first-order chi connectivity index (χ1) is 7.15. The molecule has 0 saturated heterocycles. The van der Waals surface area contributed by atoms with Crippen molar-refractivity contribution < 1.29 is 0 Å². The van der Waals surface area contributed by atoms with Gasteiger partial charge in [-0.05, 0) is 43.4 Å². The highest BCUT2D eigenvalue weighted by molar-refractivity contribution is 6.30.